The van der Waals surface area contributed by atoms with Gasteiger partial charge in [0.05, 0.1) is 17.5 Å². The van der Waals surface area contributed by atoms with Gasteiger partial charge in [-0.15, -0.1) is 0 Å². The molecule has 1 aliphatic carbocycles. The minimum Gasteiger partial charge on any atom is -0.325 e. The molecule has 0 aromatic heterocycles. The Kier molecular flexibility index (Phi) is 5.45. The van der Waals surface area contributed by atoms with Crippen LogP contribution >= 0.6 is 0 Å². The summed E-state index contributed by atoms with van der Waals surface area (Å²) in [5.41, 5.74) is 2.21. The first kappa shape index (κ1) is 19.9. The Labute approximate surface area is 161 Å². The molecule has 7 heteroatoms. The maximum Gasteiger partial charge on any atom is 0.228 e. The van der Waals surface area contributed by atoms with Crippen LogP contribution < -0.4 is 10.6 Å². The molecular weight excluding hydrogens is 369 g/mol. The van der Waals surface area contributed by atoms with Crippen molar-refractivity contribution in [1.29, 1.82) is 0 Å². The number of para-hydroxylation sites is 1. The van der Waals surface area contributed by atoms with Crippen LogP contribution in [0.25, 0.3) is 0 Å². The summed E-state index contributed by atoms with van der Waals surface area (Å²) in [5.74, 6) is -6.31. The van der Waals surface area contributed by atoms with Crippen molar-refractivity contribution in [2.75, 3.05) is 10.6 Å². The molecule has 0 heterocycles. The van der Waals surface area contributed by atoms with Gasteiger partial charge >= 0.3 is 0 Å². The zero-order valence-electron chi connectivity index (χ0n) is 15.8. The lowest BCUT2D eigenvalue weighted by atomic mass is 9.98. The SMILES string of the molecule is Cc1cccc(C(C)C)c1NC(=O)C1CC1C(=O)Nc1ccc(F)c(F)c1F. The molecule has 2 atom stereocenters. The highest BCUT2D eigenvalue weighted by molar-refractivity contribution is 6.03. The summed E-state index contributed by atoms with van der Waals surface area (Å²) in [4.78, 5) is 24.8. The molecule has 1 saturated carbocycles. The van der Waals surface area contributed by atoms with Crippen LogP contribution in [0.3, 0.4) is 0 Å². The maximum atomic E-state index is 13.7. The monoisotopic (exact) mass is 390 g/mol. The van der Waals surface area contributed by atoms with Gasteiger partial charge in [0.2, 0.25) is 11.8 Å². The lowest BCUT2D eigenvalue weighted by molar-refractivity contribution is -0.122. The first-order valence-electron chi connectivity index (χ1n) is 9.05. The lowest BCUT2D eigenvalue weighted by Crippen LogP contribution is -2.22. The highest BCUT2D eigenvalue weighted by Gasteiger charge is 2.48. The summed E-state index contributed by atoms with van der Waals surface area (Å²) in [6, 6.07) is 7.44. The van der Waals surface area contributed by atoms with Crippen molar-refractivity contribution in [3.05, 3.63) is 58.9 Å². The van der Waals surface area contributed by atoms with Gasteiger partial charge in [-0.2, -0.15) is 0 Å². The number of benzene rings is 2. The lowest BCUT2D eigenvalue weighted by Gasteiger charge is -2.16. The van der Waals surface area contributed by atoms with E-state index in [1.807, 2.05) is 39.0 Å². The first-order chi connectivity index (χ1) is 13.2. The average molecular weight is 390 g/mol. The van der Waals surface area contributed by atoms with Crippen LogP contribution in [0.5, 0.6) is 0 Å². The Bertz CT molecular complexity index is 943. The summed E-state index contributed by atoms with van der Waals surface area (Å²) in [5, 5.41) is 5.13. The Balaban J connectivity index is 1.67. The second-order valence-corrected chi connectivity index (χ2v) is 7.34. The van der Waals surface area contributed by atoms with E-state index in [1.54, 1.807) is 0 Å². The number of amides is 2. The number of rotatable bonds is 5. The molecule has 0 radical (unpaired) electrons. The molecule has 2 unspecified atom stereocenters. The summed E-state index contributed by atoms with van der Waals surface area (Å²) in [7, 11) is 0. The second-order valence-electron chi connectivity index (χ2n) is 7.34. The Morgan fingerprint density at radius 1 is 0.964 bits per heavy atom. The van der Waals surface area contributed by atoms with E-state index in [0.717, 1.165) is 28.9 Å². The smallest absolute Gasteiger partial charge is 0.228 e. The molecule has 2 N–H and O–H groups in total. The molecule has 0 aliphatic heterocycles. The molecule has 3 rings (SSSR count). The van der Waals surface area contributed by atoms with Gasteiger partial charge in [0.1, 0.15) is 0 Å². The number of carbonyl (C=O) groups is 2. The standard InChI is InChI=1S/C21H21F3N2O2/c1-10(2)12-6-4-5-11(3)19(12)26-21(28)14-9-13(14)20(27)25-16-8-7-15(22)17(23)18(16)24/h4-8,10,13-14H,9H2,1-3H3,(H,25,27)(H,26,28). The number of anilines is 2. The largest absolute Gasteiger partial charge is 0.325 e. The summed E-state index contributed by atoms with van der Waals surface area (Å²) >= 11 is 0. The highest BCUT2D eigenvalue weighted by Crippen LogP contribution is 2.41. The fourth-order valence-electron chi connectivity index (χ4n) is 3.18. The molecule has 0 spiro atoms. The molecule has 1 aliphatic rings. The van der Waals surface area contributed by atoms with Gasteiger partial charge in [0.25, 0.3) is 0 Å². The zero-order valence-corrected chi connectivity index (χ0v) is 15.8. The summed E-state index contributed by atoms with van der Waals surface area (Å²) in [6.45, 7) is 5.94. The van der Waals surface area contributed by atoms with Crippen molar-refractivity contribution in [1.82, 2.24) is 0 Å². The van der Waals surface area contributed by atoms with Crippen molar-refractivity contribution in [2.24, 2.45) is 11.8 Å². The maximum absolute atomic E-state index is 13.7. The third kappa shape index (κ3) is 3.88. The van der Waals surface area contributed by atoms with E-state index >= 15 is 0 Å². The predicted molar refractivity (Wildman–Crippen MR) is 100 cm³/mol. The molecule has 0 saturated heterocycles. The fourth-order valence-corrected chi connectivity index (χ4v) is 3.18. The Hall–Kier alpha value is -2.83. The number of hydrogen-bond donors (Lipinski definition) is 2. The van der Waals surface area contributed by atoms with Crippen LogP contribution in [0.15, 0.2) is 30.3 Å². The van der Waals surface area contributed by atoms with Crippen molar-refractivity contribution in [3.8, 4) is 0 Å². The Morgan fingerprint density at radius 3 is 2.25 bits per heavy atom. The van der Waals surface area contributed by atoms with Crippen LogP contribution in [0.2, 0.25) is 0 Å². The van der Waals surface area contributed by atoms with Crippen molar-refractivity contribution in [2.45, 2.75) is 33.1 Å². The van der Waals surface area contributed by atoms with Gasteiger partial charge in [-0.1, -0.05) is 32.0 Å². The topological polar surface area (TPSA) is 58.2 Å². The first-order valence-corrected chi connectivity index (χ1v) is 9.05. The zero-order chi connectivity index (χ0) is 20.6. The van der Waals surface area contributed by atoms with Gasteiger partial charge in [-0.3, -0.25) is 9.59 Å². The molecule has 28 heavy (non-hydrogen) atoms. The number of aryl methyl sites for hydroxylation is 1. The number of hydrogen-bond acceptors (Lipinski definition) is 2. The normalized spacial score (nSPS) is 18.1. The van der Waals surface area contributed by atoms with Crippen LogP contribution in [-0.2, 0) is 9.59 Å². The molecule has 2 amide bonds. The molecular formula is C21H21F3N2O2. The molecule has 148 valence electrons. The minimum atomic E-state index is -1.65. The van der Waals surface area contributed by atoms with E-state index < -0.39 is 40.9 Å². The molecule has 2 aromatic rings. The fraction of sp³-hybridized carbons (Fsp3) is 0.333. The number of halogens is 3. The van der Waals surface area contributed by atoms with Gasteiger partial charge < -0.3 is 10.6 Å². The van der Waals surface area contributed by atoms with Crippen LogP contribution in [0, 0.1) is 36.2 Å². The van der Waals surface area contributed by atoms with Crippen molar-refractivity contribution in [3.63, 3.8) is 0 Å². The van der Waals surface area contributed by atoms with E-state index in [1.165, 1.54) is 0 Å². The van der Waals surface area contributed by atoms with Crippen LogP contribution in [0.4, 0.5) is 24.5 Å². The minimum absolute atomic E-state index is 0.213. The van der Waals surface area contributed by atoms with Gasteiger partial charge in [-0.05, 0) is 42.5 Å². The predicted octanol–water partition coefficient (Wildman–Crippen LogP) is 4.75. The van der Waals surface area contributed by atoms with Gasteiger partial charge in [-0.25, -0.2) is 13.2 Å². The molecule has 4 nitrogen and oxygen atoms in total. The molecule has 1 fully saturated rings. The highest BCUT2D eigenvalue weighted by atomic mass is 19.2. The van der Waals surface area contributed by atoms with Crippen molar-refractivity contribution < 1.29 is 22.8 Å². The summed E-state index contributed by atoms with van der Waals surface area (Å²) in [6.07, 6.45) is 0.311. The van der Waals surface area contributed by atoms with Crippen molar-refractivity contribution >= 4 is 23.2 Å². The van der Waals surface area contributed by atoms with Gasteiger partial charge in [0.15, 0.2) is 17.5 Å². The van der Waals surface area contributed by atoms with E-state index in [-0.39, 0.29) is 11.8 Å². The third-order valence-electron chi connectivity index (χ3n) is 4.93. The van der Waals surface area contributed by atoms with Crippen LogP contribution in [-0.4, -0.2) is 11.8 Å². The number of nitrogens with one attached hydrogen (secondary N) is 2. The second kappa shape index (κ2) is 7.66. The summed E-state index contributed by atoms with van der Waals surface area (Å²) < 4.78 is 40.0. The van der Waals surface area contributed by atoms with E-state index in [4.69, 9.17) is 0 Å². The quantitative estimate of drug-likeness (QED) is 0.724. The van der Waals surface area contributed by atoms with E-state index in [9.17, 15) is 22.8 Å². The van der Waals surface area contributed by atoms with E-state index in [2.05, 4.69) is 10.6 Å². The molecule has 2 aromatic carbocycles. The van der Waals surface area contributed by atoms with Crippen LogP contribution in [0.1, 0.15) is 37.3 Å². The van der Waals surface area contributed by atoms with E-state index in [0.29, 0.717) is 6.42 Å². The van der Waals surface area contributed by atoms with Gasteiger partial charge in [0, 0.05) is 5.69 Å². The average Bonchev–Trinajstić information content (AvgIpc) is 3.44. The molecule has 0 bridgehead atoms. The third-order valence-corrected chi connectivity index (χ3v) is 4.93. The Morgan fingerprint density at radius 2 is 1.61 bits per heavy atom. The number of carbonyl (C=O) groups excluding carboxylic acids is 2.